The molecule has 9 heteroatoms. The molecular formula is C23H30FN7S. The van der Waals surface area contributed by atoms with Crippen LogP contribution in [0, 0.1) is 5.41 Å². The van der Waals surface area contributed by atoms with E-state index < -0.39 is 5.83 Å². The lowest BCUT2D eigenvalue weighted by molar-refractivity contribution is 0.397. The van der Waals surface area contributed by atoms with Crippen LogP contribution in [0.5, 0.6) is 0 Å². The molecule has 0 amide bonds. The monoisotopic (exact) mass is 455 g/mol. The smallest absolute Gasteiger partial charge is 0.188 e. The Balaban J connectivity index is 1.70. The van der Waals surface area contributed by atoms with E-state index in [1.807, 2.05) is 12.4 Å². The fourth-order valence-electron chi connectivity index (χ4n) is 3.28. The summed E-state index contributed by atoms with van der Waals surface area (Å²) in [6.07, 6.45) is 7.24. The number of nitrogens with zero attached hydrogens (tertiary/aromatic N) is 4. The summed E-state index contributed by atoms with van der Waals surface area (Å²) in [7, 11) is 1.66. The molecule has 0 aliphatic rings. The highest BCUT2D eigenvalue weighted by molar-refractivity contribution is 7.16. The van der Waals surface area contributed by atoms with Crippen LogP contribution in [0.15, 0.2) is 55.5 Å². The van der Waals surface area contributed by atoms with Gasteiger partial charge in [-0.15, -0.1) is 0 Å². The van der Waals surface area contributed by atoms with Crippen LogP contribution in [0.1, 0.15) is 32.1 Å². The molecular weight excluding hydrogens is 425 g/mol. The van der Waals surface area contributed by atoms with Crippen LogP contribution in [0.2, 0.25) is 0 Å². The van der Waals surface area contributed by atoms with E-state index in [2.05, 4.69) is 69.4 Å². The van der Waals surface area contributed by atoms with E-state index in [9.17, 15) is 4.39 Å². The number of nitrogens with one attached hydrogen (secondary N) is 3. The van der Waals surface area contributed by atoms with E-state index in [0.717, 1.165) is 36.2 Å². The Morgan fingerprint density at radius 2 is 2.03 bits per heavy atom. The molecule has 170 valence electrons. The number of hydrogen-bond acceptors (Lipinski definition) is 7. The van der Waals surface area contributed by atoms with Gasteiger partial charge < -0.3 is 20.5 Å². The number of allylic oxidation sites excluding steroid dienone is 3. The Morgan fingerprint density at radius 3 is 2.72 bits per heavy atom. The summed E-state index contributed by atoms with van der Waals surface area (Å²) >= 11 is 1.32. The number of fused-ring (bicyclic) bond motifs is 1. The van der Waals surface area contributed by atoms with E-state index in [-0.39, 0.29) is 5.41 Å². The van der Waals surface area contributed by atoms with Gasteiger partial charge in [-0.3, -0.25) is 0 Å². The Bertz CT molecular complexity index is 1140. The second kappa shape index (κ2) is 9.95. The maximum atomic E-state index is 14.0. The van der Waals surface area contributed by atoms with Gasteiger partial charge in [-0.25, -0.2) is 19.3 Å². The van der Waals surface area contributed by atoms with Crippen molar-refractivity contribution in [2.75, 3.05) is 18.9 Å². The van der Waals surface area contributed by atoms with Crippen molar-refractivity contribution in [3.05, 3.63) is 60.4 Å². The molecule has 0 unspecified atom stereocenters. The topological polar surface area (TPSA) is 79.7 Å². The molecule has 32 heavy (non-hydrogen) atoms. The Labute approximate surface area is 192 Å². The molecule has 3 aromatic rings. The molecule has 0 aromatic carbocycles. The zero-order chi connectivity index (χ0) is 23.3. The summed E-state index contributed by atoms with van der Waals surface area (Å²) in [5.74, 6) is 0.217. The third kappa shape index (κ3) is 5.94. The Hall–Kier alpha value is -3.20. The molecule has 0 aliphatic heterocycles. The number of aromatic nitrogens is 4. The fourth-order valence-corrected chi connectivity index (χ4v) is 4.16. The third-order valence-electron chi connectivity index (χ3n) is 4.63. The highest BCUT2D eigenvalue weighted by Gasteiger charge is 2.13. The average Bonchev–Trinajstić information content (AvgIpc) is 3.34. The van der Waals surface area contributed by atoms with Gasteiger partial charge in [-0.05, 0) is 17.9 Å². The minimum absolute atomic E-state index is 0.203. The van der Waals surface area contributed by atoms with Crippen molar-refractivity contribution in [3.8, 4) is 0 Å². The van der Waals surface area contributed by atoms with E-state index in [1.165, 1.54) is 17.4 Å². The van der Waals surface area contributed by atoms with Gasteiger partial charge in [0.05, 0.1) is 28.6 Å². The third-order valence-corrected chi connectivity index (χ3v) is 5.56. The summed E-state index contributed by atoms with van der Waals surface area (Å²) in [5.41, 5.74) is 3.38. The Morgan fingerprint density at radius 1 is 1.25 bits per heavy atom. The van der Waals surface area contributed by atoms with Gasteiger partial charge in [0, 0.05) is 38.1 Å². The molecule has 0 spiro atoms. The highest BCUT2D eigenvalue weighted by atomic mass is 32.1. The number of hydrogen-bond donors (Lipinski definition) is 3. The summed E-state index contributed by atoms with van der Waals surface area (Å²) in [6, 6.07) is 1.94. The first-order valence-electron chi connectivity index (χ1n) is 10.4. The SMILES string of the molecule is C=C/C(F)=C(\NC)c1cnc(Nc2cc3c(cn2)ncn3CCNC(=C)CC(C)(C)C)s1. The summed E-state index contributed by atoms with van der Waals surface area (Å²) in [5, 5.41) is 10.1. The number of thiazole rings is 1. The van der Waals surface area contributed by atoms with Crippen LogP contribution >= 0.6 is 11.3 Å². The van der Waals surface area contributed by atoms with E-state index in [1.54, 1.807) is 19.4 Å². The van der Waals surface area contributed by atoms with Crippen molar-refractivity contribution in [2.24, 2.45) is 5.41 Å². The summed E-state index contributed by atoms with van der Waals surface area (Å²) in [6.45, 7) is 15.7. The van der Waals surface area contributed by atoms with Crippen LogP contribution < -0.4 is 16.0 Å². The van der Waals surface area contributed by atoms with Crippen LogP contribution in [-0.4, -0.2) is 33.1 Å². The van der Waals surface area contributed by atoms with Crippen molar-refractivity contribution in [1.29, 1.82) is 0 Å². The zero-order valence-corrected chi connectivity index (χ0v) is 19.8. The van der Waals surface area contributed by atoms with Crippen molar-refractivity contribution in [1.82, 2.24) is 30.2 Å². The molecule has 7 nitrogen and oxygen atoms in total. The first kappa shape index (κ1) is 23.5. The van der Waals surface area contributed by atoms with Crippen LogP contribution in [0.25, 0.3) is 16.7 Å². The van der Waals surface area contributed by atoms with E-state index in [4.69, 9.17) is 0 Å². The van der Waals surface area contributed by atoms with Gasteiger partial charge in [0.15, 0.2) is 5.13 Å². The van der Waals surface area contributed by atoms with Gasteiger partial charge in [-0.2, -0.15) is 0 Å². The predicted molar refractivity (Wildman–Crippen MR) is 131 cm³/mol. The second-order valence-electron chi connectivity index (χ2n) is 8.60. The molecule has 3 aromatic heterocycles. The van der Waals surface area contributed by atoms with Crippen LogP contribution in [-0.2, 0) is 6.54 Å². The van der Waals surface area contributed by atoms with Crippen LogP contribution in [0.4, 0.5) is 15.3 Å². The standard InChI is InChI=1S/C23H30FN7S/c1-7-16(24)21(25-6)19-13-28-22(32-19)30-20-10-18-17(12-27-20)29-14-31(18)9-8-26-15(2)11-23(3,4)5/h7,10,12-14,25-26H,1-2,8-9,11H2,3-6H3,(H,27,28,30)/b21-16+. The molecule has 0 saturated carbocycles. The average molecular weight is 456 g/mol. The normalized spacial score (nSPS) is 12.4. The molecule has 3 N–H and O–H groups in total. The lowest BCUT2D eigenvalue weighted by atomic mass is 9.91. The lowest BCUT2D eigenvalue weighted by Crippen LogP contribution is -2.21. The Kier molecular flexibility index (Phi) is 7.29. The largest absolute Gasteiger partial charge is 0.387 e. The minimum Gasteiger partial charge on any atom is -0.387 e. The van der Waals surface area contributed by atoms with Gasteiger partial charge >= 0.3 is 0 Å². The second-order valence-corrected chi connectivity index (χ2v) is 9.63. The van der Waals surface area contributed by atoms with Gasteiger partial charge in [0.1, 0.15) is 17.2 Å². The summed E-state index contributed by atoms with van der Waals surface area (Å²) < 4.78 is 16.0. The van der Waals surface area contributed by atoms with E-state index >= 15 is 0 Å². The predicted octanol–water partition coefficient (Wildman–Crippen LogP) is 5.21. The molecule has 3 heterocycles. The van der Waals surface area contributed by atoms with Crippen molar-refractivity contribution in [2.45, 2.75) is 33.7 Å². The van der Waals surface area contributed by atoms with Crippen molar-refractivity contribution < 1.29 is 4.39 Å². The molecule has 0 aliphatic carbocycles. The fraction of sp³-hybridized carbons (Fsp3) is 0.348. The number of imidazole rings is 1. The first-order chi connectivity index (χ1) is 15.2. The van der Waals surface area contributed by atoms with E-state index in [0.29, 0.717) is 21.5 Å². The quantitative estimate of drug-likeness (QED) is 0.364. The van der Waals surface area contributed by atoms with Gasteiger partial charge in [-0.1, -0.05) is 45.3 Å². The van der Waals surface area contributed by atoms with Crippen molar-refractivity contribution >= 4 is 39.0 Å². The van der Waals surface area contributed by atoms with Gasteiger partial charge in [0.2, 0.25) is 0 Å². The van der Waals surface area contributed by atoms with Crippen molar-refractivity contribution in [3.63, 3.8) is 0 Å². The molecule has 0 saturated heterocycles. The maximum Gasteiger partial charge on any atom is 0.188 e. The van der Waals surface area contributed by atoms with Gasteiger partial charge in [0.25, 0.3) is 0 Å². The highest BCUT2D eigenvalue weighted by Crippen LogP contribution is 2.29. The number of rotatable bonds is 10. The minimum atomic E-state index is -0.426. The molecule has 0 radical (unpaired) electrons. The number of pyridine rings is 1. The first-order valence-corrected chi connectivity index (χ1v) is 11.2. The lowest BCUT2D eigenvalue weighted by Gasteiger charge is -2.20. The maximum absolute atomic E-state index is 14.0. The molecule has 0 bridgehead atoms. The number of halogens is 1. The summed E-state index contributed by atoms with van der Waals surface area (Å²) in [4.78, 5) is 13.9. The molecule has 0 fully saturated rings. The molecule has 3 rings (SSSR count). The molecule has 0 atom stereocenters. The number of anilines is 2. The van der Waals surface area contributed by atoms with Crippen LogP contribution in [0.3, 0.4) is 0 Å². The zero-order valence-electron chi connectivity index (χ0n) is 19.0.